The van der Waals surface area contributed by atoms with Gasteiger partial charge in [0.15, 0.2) is 0 Å². The second kappa shape index (κ2) is 9.89. The van der Waals surface area contributed by atoms with Gasteiger partial charge in [-0.25, -0.2) is 0 Å². The lowest BCUT2D eigenvalue weighted by molar-refractivity contribution is -0.188. The average Bonchev–Trinajstić information content (AvgIpc) is 3.71. The number of ether oxygens (including phenoxy) is 2. The zero-order valence-electron chi connectivity index (χ0n) is 21.7. The van der Waals surface area contributed by atoms with Gasteiger partial charge in [-0.3, -0.25) is 14.5 Å². The Hall–Kier alpha value is -2.86. The van der Waals surface area contributed by atoms with Gasteiger partial charge in [0, 0.05) is 44.1 Å². The number of fused-ring (bicyclic) bond motifs is 1. The SMILES string of the molecule is COc1cccc(C23CCN(CC4CC4)CC2(OC(C)=O)CCC(N(C)C(=O)c2ccccc2)C3)c1. The molecule has 1 aliphatic heterocycles. The van der Waals surface area contributed by atoms with Crippen LogP contribution in [0.4, 0.5) is 0 Å². The number of methoxy groups -OCH3 is 1. The Labute approximate surface area is 214 Å². The normalized spacial score (nSPS) is 28.1. The summed E-state index contributed by atoms with van der Waals surface area (Å²) in [6, 6.07) is 17.8. The molecule has 1 saturated heterocycles. The summed E-state index contributed by atoms with van der Waals surface area (Å²) in [5, 5.41) is 0. The number of piperidine rings is 1. The van der Waals surface area contributed by atoms with Crippen LogP contribution in [-0.2, 0) is 14.9 Å². The third kappa shape index (κ3) is 4.63. The molecule has 0 bridgehead atoms. The molecule has 6 heteroatoms. The zero-order valence-corrected chi connectivity index (χ0v) is 21.7. The minimum absolute atomic E-state index is 0.0348. The molecule has 2 aromatic rings. The van der Waals surface area contributed by atoms with Crippen molar-refractivity contribution in [1.82, 2.24) is 9.80 Å². The van der Waals surface area contributed by atoms with Crippen molar-refractivity contribution < 1.29 is 19.1 Å². The van der Waals surface area contributed by atoms with Crippen LogP contribution in [0.3, 0.4) is 0 Å². The maximum atomic E-state index is 13.4. The van der Waals surface area contributed by atoms with E-state index in [0.717, 1.165) is 62.5 Å². The second-order valence-electron chi connectivity index (χ2n) is 11.0. The summed E-state index contributed by atoms with van der Waals surface area (Å²) in [5.41, 5.74) is 0.804. The highest BCUT2D eigenvalue weighted by Crippen LogP contribution is 2.55. The Morgan fingerprint density at radius 3 is 2.53 bits per heavy atom. The Balaban J connectivity index is 1.53. The molecule has 6 nitrogen and oxygen atoms in total. The van der Waals surface area contributed by atoms with Crippen molar-refractivity contribution in [3.05, 3.63) is 65.7 Å². The van der Waals surface area contributed by atoms with Crippen molar-refractivity contribution in [2.45, 2.75) is 62.5 Å². The van der Waals surface area contributed by atoms with E-state index in [4.69, 9.17) is 9.47 Å². The van der Waals surface area contributed by atoms with E-state index in [9.17, 15) is 9.59 Å². The number of amides is 1. The van der Waals surface area contributed by atoms with Gasteiger partial charge in [-0.15, -0.1) is 0 Å². The average molecular weight is 491 g/mol. The number of likely N-dealkylation sites (tertiary alicyclic amines) is 1. The fraction of sp³-hybridized carbons (Fsp3) is 0.533. The van der Waals surface area contributed by atoms with E-state index < -0.39 is 11.0 Å². The summed E-state index contributed by atoms with van der Waals surface area (Å²) < 4.78 is 12.0. The molecular formula is C30H38N2O4. The van der Waals surface area contributed by atoms with E-state index in [1.807, 2.05) is 54.4 Å². The van der Waals surface area contributed by atoms with E-state index >= 15 is 0 Å². The zero-order chi connectivity index (χ0) is 25.3. The van der Waals surface area contributed by atoms with Crippen LogP contribution in [0.1, 0.15) is 61.4 Å². The number of rotatable bonds is 7. The van der Waals surface area contributed by atoms with Crippen molar-refractivity contribution in [3.8, 4) is 5.75 Å². The van der Waals surface area contributed by atoms with Crippen LogP contribution in [0.2, 0.25) is 0 Å². The van der Waals surface area contributed by atoms with Crippen LogP contribution >= 0.6 is 0 Å². The Kier molecular flexibility index (Phi) is 6.82. The summed E-state index contributed by atoms with van der Waals surface area (Å²) >= 11 is 0. The van der Waals surface area contributed by atoms with Gasteiger partial charge < -0.3 is 14.4 Å². The van der Waals surface area contributed by atoms with Gasteiger partial charge in [-0.1, -0.05) is 30.3 Å². The number of benzene rings is 2. The molecule has 3 unspecified atom stereocenters. The molecule has 2 aromatic carbocycles. The number of hydrogen-bond acceptors (Lipinski definition) is 5. The second-order valence-corrected chi connectivity index (χ2v) is 11.0. The van der Waals surface area contributed by atoms with Gasteiger partial charge in [0.05, 0.1) is 7.11 Å². The minimum Gasteiger partial charge on any atom is -0.497 e. The maximum absolute atomic E-state index is 13.4. The van der Waals surface area contributed by atoms with Gasteiger partial charge >= 0.3 is 5.97 Å². The van der Waals surface area contributed by atoms with E-state index in [-0.39, 0.29) is 17.9 Å². The third-order valence-corrected chi connectivity index (χ3v) is 8.74. The number of hydrogen-bond donors (Lipinski definition) is 0. The molecule has 2 saturated carbocycles. The van der Waals surface area contributed by atoms with Gasteiger partial charge in [-0.2, -0.15) is 0 Å². The largest absolute Gasteiger partial charge is 0.497 e. The topological polar surface area (TPSA) is 59.1 Å². The van der Waals surface area contributed by atoms with Crippen molar-refractivity contribution in [2.75, 3.05) is 33.8 Å². The van der Waals surface area contributed by atoms with Crippen LogP contribution < -0.4 is 4.74 Å². The Morgan fingerprint density at radius 1 is 1.06 bits per heavy atom. The molecule has 2 aliphatic carbocycles. The van der Waals surface area contributed by atoms with E-state index in [0.29, 0.717) is 5.56 Å². The molecule has 1 heterocycles. The van der Waals surface area contributed by atoms with E-state index in [1.165, 1.54) is 19.8 Å². The molecule has 36 heavy (non-hydrogen) atoms. The monoisotopic (exact) mass is 490 g/mol. The highest BCUT2D eigenvalue weighted by molar-refractivity contribution is 5.94. The highest BCUT2D eigenvalue weighted by atomic mass is 16.6. The van der Waals surface area contributed by atoms with Gasteiger partial charge in [0.2, 0.25) is 0 Å². The van der Waals surface area contributed by atoms with E-state index in [2.05, 4.69) is 17.0 Å². The van der Waals surface area contributed by atoms with Crippen LogP contribution in [0.5, 0.6) is 5.75 Å². The fourth-order valence-electron chi connectivity index (χ4n) is 6.68. The molecule has 0 aromatic heterocycles. The number of esters is 1. The first-order chi connectivity index (χ1) is 17.4. The molecule has 5 rings (SSSR count). The van der Waals surface area contributed by atoms with Crippen LogP contribution in [0, 0.1) is 5.92 Å². The predicted molar refractivity (Wildman–Crippen MR) is 139 cm³/mol. The number of nitrogens with zero attached hydrogens (tertiary/aromatic N) is 2. The van der Waals surface area contributed by atoms with Crippen molar-refractivity contribution in [3.63, 3.8) is 0 Å². The quantitative estimate of drug-likeness (QED) is 0.528. The Bertz CT molecular complexity index is 1100. The molecule has 3 fully saturated rings. The Morgan fingerprint density at radius 2 is 1.83 bits per heavy atom. The first-order valence-electron chi connectivity index (χ1n) is 13.2. The first-order valence-corrected chi connectivity index (χ1v) is 13.2. The molecule has 3 aliphatic rings. The van der Waals surface area contributed by atoms with Gasteiger partial charge in [0.25, 0.3) is 5.91 Å². The summed E-state index contributed by atoms with van der Waals surface area (Å²) in [5.74, 6) is 1.37. The molecular weight excluding hydrogens is 452 g/mol. The number of carbonyl (C=O) groups excluding carboxylic acids is 2. The molecule has 192 valence electrons. The van der Waals surface area contributed by atoms with Crippen LogP contribution in [-0.4, -0.2) is 67.1 Å². The standard InChI is InChI=1S/C30H38N2O4/c1-22(33)36-30-15-14-26(31(2)28(34)24-8-5-4-6-9-24)19-29(30,25-10-7-11-27(18-25)35-3)16-17-32(21-30)20-23-12-13-23/h4-11,18,23,26H,12-17,19-21H2,1-3H3. The summed E-state index contributed by atoms with van der Waals surface area (Å²) in [7, 11) is 3.60. The van der Waals surface area contributed by atoms with Gasteiger partial charge in [0.1, 0.15) is 11.4 Å². The maximum Gasteiger partial charge on any atom is 0.303 e. The first kappa shape index (κ1) is 24.8. The molecule has 0 radical (unpaired) electrons. The molecule has 3 atom stereocenters. The fourth-order valence-corrected chi connectivity index (χ4v) is 6.68. The molecule has 0 N–H and O–H groups in total. The van der Waals surface area contributed by atoms with Crippen molar-refractivity contribution in [2.24, 2.45) is 5.92 Å². The smallest absolute Gasteiger partial charge is 0.303 e. The number of carbonyl (C=O) groups is 2. The third-order valence-electron chi connectivity index (χ3n) is 8.74. The predicted octanol–water partition coefficient (Wildman–Crippen LogP) is 4.68. The van der Waals surface area contributed by atoms with Crippen molar-refractivity contribution >= 4 is 11.9 Å². The minimum atomic E-state index is -0.633. The van der Waals surface area contributed by atoms with Crippen LogP contribution in [0.25, 0.3) is 0 Å². The molecule has 1 amide bonds. The van der Waals surface area contributed by atoms with Gasteiger partial charge in [-0.05, 0) is 80.8 Å². The lowest BCUT2D eigenvalue weighted by atomic mass is 9.55. The van der Waals surface area contributed by atoms with Crippen molar-refractivity contribution in [1.29, 1.82) is 0 Å². The lowest BCUT2D eigenvalue weighted by Crippen LogP contribution is -2.68. The van der Waals surface area contributed by atoms with Crippen LogP contribution in [0.15, 0.2) is 54.6 Å². The lowest BCUT2D eigenvalue weighted by Gasteiger charge is -2.60. The summed E-state index contributed by atoms with van der Waals surface area (Å²) in [4.78, 5) is 30.4. The summed E-state index contributed by atoms with van der Waals surface area (Å²) in [6.45, 7) is 4.30. The summed E-state index contributed by atoms with van der Waals surface area (Å²) in [6.07, 6.45) is 5.75. The molecule has 0 spiro atoms. The highest BCUT2D eigenvalue weighted by Gasteiger charge is 2.61. The van der Waals surface area contributed by atoms with E-state index in [1.54, 1.807) is 7.11 Å².